The number of fused-ring (bicyclic) bond motifs is 5. The first-order valence-corrected chi connectivity index (χ1v) is 11.6. The lowest BCUT2D eigenvalue weighted by Gasteiger charge is -2.55. The van der Waals surface area contributed by atoms with Gasteiger partial charge >= 0.3 is 0 Å². The summed E-state index contributed by atoms with van der Waals surface area (Å²) in [6, 6.07) is 17.4. The molecule has 3 aliphatic rings. The Hall–Kier alpha value is -2.12. The lowest BCUT2D eigenvalue weighted by Crippen LogP contribution is -2.52. The van der Waals surface area contributed by atoms with Crippen molar-refractivity contribution in [2.45, 2.75) is 57.5 Å². The summed E-state index contributed by atoms with van der Waals surface area (Å²) >= 11 is 0. The van der Waals surface area contributed by atoms with Crippen LogP contribution in [-0.2, 0) is 6.42 Å². The maximum atomic E-state index is 11.9. The van der Waals surface area contributed by atoms with E-state index in [1.165, 1.54) is 18.4 Å². The van der Waals surface area contributed by atoms with Crippen LogP contribution < -0.4 is 0 Å². The Morgan fingerprint density at radius 2 is 1.90 bits per heavy atom. The van der Waals surface area contributed by atoms with Gasteiger partial charge in [-0.3, -0.25) is 0 Å². The number of aliphatic hydroxyl groups is 1. The molecule has 2 saturated carbocycles. The highest BCUT2D eigenvalue weighted by molar-refractivity contribution is 5.51. The predicted molar refractivity (Wildman–Crippen MR) is 125 cm³/mol. The third-order valence-electron chi connectivity index (χ3n) is 8.80. The first kappa shape index (κ1) is 19.8. The third-order valence-corrected chi connectivity index (χ3v) is 8.80. The van der Waals surface area contributed by atoms with Gasteiger partial charge in [-0.2, -0.15) is 0 Å². The van der Waals surface area contributed by atoms with Crippen LogP contribution in [0.15, 0.2) is 67.3 Å². The van der Waals surface area contributed by atoms with Crippen molar-refractivity contribution in [2.75, 3.05) is 0 Å². The van der Waals surface area contributed by atoms with Crippen molar-refractivity contribution in [3.05, 3.63) is 89.5 Å². The highest BCUT2D eigenvalue weighted by Gasteiger charge is 2.62. The summed E-state index contributed by atoms with van der Waals surface area (Å²) in [5.41, 5.74) is 4.79. The van der Waals surface area contributed by atoms with E-state index in [2.05, 4.69) is 81.1 Å². The minimum atomic E-state index is -0.743. The lowest BCUT2D eigenvalue weighted by atomic mass is 9.50. The van der Waals surface area contributed by atoms with Crippen LogP contribution in [0.5, 0.6) is 0 Å². The number of rotatable bonds is 3. The van der Waals surface area contributed by atoms with Gasteiger partial charge in [0.25, 0.3) is 0 Å². The molecule has 2 fully saturated rings. The Labute approximate surface area is 181 Å². The molecule has 156 valence electrons. The highest BCUT2D eigenvalue weighted by atomic mass is 16.3. The monoisotopic (exact) mass is 398 g/mol. The summed E-state index contributed by atoms with van der Waals surface area (Å²) in [6.07, 6.45) is 11.9. The maximum absolute atomic E-state index is 11.9. The normalized spacial score (nSPS) is 37.4. The summed E-state index contributed by atoms with van der Waals surface area (Å²) in [5.74, 6) is 2.19. The second-order valence-corrected chi connectivity index (χ2v) is 10.3. The molecule has 2 aromatic rings. The van der Waals surface area contributed by atoms with Gasteiger partial charge in [-0.15, -0.1) is 6.58 Å². The van der Waals surface area contributed by atoms with Crippen LogP contribution in [-0.4, -0.2) is 10.7 Å². The molecule has 5 rings (SSSR count). The number of benzene rings is 2. The molecule has 5 unspecified atom stereocenters. The maximum Gasteiger partial charge on any atom is 0.0887 e. The molecule has 1 heteroatoms. The molecule has 6 atom stereocenters. The fourth-order valence-corrected chi connectivity index (χ4v) is 7.24. The first-order chi connectivity index (χ1) is 14.4. The molecule has 0 aromatic heterocycles. The average Bonchev–Trinajstić information content (AvgIpc) is 3.03. The molecule has 1 N–H and O–H groups in total. The molecule has 0 spiro atoms. The van der Waals surface area contributed by atoms with Crippen molar-refractivity contribution in [3.8, 4) is 0 Å². The van der Waals surface area contributed by atoms with Crippen LogP contribution >= 0.6 is 0 Å². The van der Waals surface area contributed by atoms with E-state index in [9.17, 15) is 5.11 Å². The summed E-state index contributed by atoms with van der Waals surface area (Å²) < 4.78 is 0. The first-order valence-electron chi connectivity index (χ1n) is 11.6. The largest absolute Gasteiger partial charge is 0.385 e. The molecular weight excluding hydrogens is 364 g/mol. The van der Waals surface area contributed by atoms with Crippen LogP contribution in [0.1, 0.15) is 60.8 Å². The second-order valence-electron chi connectivity index (χ2n) is 10.3. The Balaban J connectivity index is 1.51. The zero-order chi connectivity index (χ0) is 20.9. The van der Waals surface area contributed by atoms with Crippen LogP contribution in [0.3, 0.4) is 0 Å². The van der Waals surface area contributed by atoms with Crippen molar-refractivity contribution < 1.29 is 5.11 Å². The molecule has 0 amide bonds. The lowest BCUT2D eigenvalue weighted by molar-refractivity contribution is -0.0821. The van der Waals surface area contributed by atoms with E-state index in [1.54, 1.807) is 11.1 Å². The van der Waals surface area contributed by atoms with Crippen molar-refractivity contribution in [1.82, 2.24) is 0 Å². The van der Waals surface area contributed by atoms with E-state index in [-0.39, 0.29) is 5.41 Å². The Morgan fingerprint density at radius 3 is 2.67 bits per heavy atom. The molecule has 30 heavy (non-hydrogen) atoms. The molecule has 1 nitrogen and oxygen atoms in total. The van der Waals surface area contributed by atoms with Crippen LogP contribution in [0.4, 0.5) is 0 Å². The number of allylic oxidation sites excluding steroid dienone is 1. The van der Waals surface area contributed by atoms with E-state index in [1.807, 2.05) is 6.07 Å². The Kier molecular flexibility index (Phi) is 4.78. The molecule has 0 heterocycles. The molecule has 0 aliphatic heterocycles. The minimum Gasteiger partial charge on any atom is -0.385 e. The Bertz CT molecular complexity index is 973. The standard InChI is InChI=1S/C29H34O/c1-4-22-19-28(3)26(15-17-29(28,30)16-14-21-8-6-5-7-9-21)25-13-11-23-18-20(2)10-12-24(23)27(22)25/h4-10,12,14,16,18,22,25-27,30H,1,11,13,15,17,19H2,2-3H3/t22?,25?,26?,27?,28?,29-/m0/s1. The highest BCUT2D eigenvalue weighted by Crippen LogP contribution is 2.66. The van der Waals surface area contributed by atoms with Crippen molar-refractivity contribution in [2.24, 2.45) is 23.2 Å². The SMILES string of the molecule is C=CC1CC2(C)C(CC[C@@]2(O)C=Cc2ccccc2)C2CCc3cc(C)ccc3C12. The van der Waals surface area contributed by atoms with Gasteiger partial charge in [0.2, 0.25) is 0 Å². The van der Waals surface area contributed by atoms with Crippen molar-refractivity contribution in [3.63, 3.8) is 0 Å². The van der Waals surface area contributed by atoms with E-state index >= 15 is 0 Å². The molecular formula is C29H34O. The van der Waals surface area contributed by atoms with Gasteiger partial charge < -0.3 is 5.11 Å². The number of aryl methyl sites for hydroxylation is 2. The summed E-state index contributed by atoms with van der Waals surface area (Å²) in [5, 5.41) is 11.9. The summed E-state index contributed by atoms with van der Waals surface area (Å²) in [7, 11) is 0. The zero-order valence-corrected chi connectivity index (χ0v) is 18.4. The summed E-state index contributed by atoms with van der Waals surface area (Å²) in [4.78, 5) is 0. The van der Waals surface area contributed by atoms with Crippen LogP contribution in [0.25, 0.3) is 6.08 Å². The fraction of sp³-hybridized carbons (Fsp3) is 0.448. The molecule has 0 saturated heterocycles. The van der Waals surface area contributed by atoms with Crippen molar-refractivity contribution >= 4 is 6.08 Å². The van der Waals surface area contributed by atoms with Crippen molar-refractivity contribution in [1.29, 1.82) is 0 Å². The molecule has 2 aromatic carbocycles. The topological polar surface area (TPSA) is 20.2 Å². The van der Waals surface area contributed by atoms with E-state index < -0.39 is 5.60 Å². The van der Waals surface area contributed by atoms with Gasteiger partial charge in [0.05, 0.1) is 5.60 Å². The van der Waals surface area contributed by atoms with E-state index in [4.69, 9.17) is 0 Å². The van der Waals surface area contributed by atoms with Gasteiger partial charge in [-0.05, 0) is 79.4 Å². The smallest absolute Gasteiger partial charge is 0.0887 e. The van der Waals surface area contributed by atoms with Gasteiger partial charge in [0.15, 0.2) is 0 Å². The predicted octanol–water partition coefficient (Wildman–Crippen LogP) is 6.71. The van der Waals surface area contributed by atoms with Gasteiger partial charge in [0, 0.05) is 5.41 Å². The van der Waals surface area contributed by atoms with E-state index in [0.717, 1.165) is 24.8 Å². The zero-order valence-electron chi connectivity index (χ0n) is 18.4. The molecule has 0 radical (unpaired) electrons. The minimum absolute atomic E-state index is 0.0967. The molecule has 3 aliphatic carbocycles. The van der Waals surface area contributed by atoms with Crippen LogP contribution in [0.2, 0.25) is 0 Å². The summed E-state index contributed by atoms with van der Waals surface area (Å²) in [6.45, 7) is 8.81. The van der Waals surface area contributed by atoms with Crippen LogP contribution in [0, 0.1) is 30.1 Å². The molecule has 0 bridgehead atoms. The third kappa shape index (κ3) is 2.94. The van der Waals surface area contributed by atoms with Gasteiger partial charge in [-0.1, -0.05) is 79.2 Å². The number of hydrogen-bond donors (Lipinski definition) is 1. The van der Waals surface area contributed by atoms with E-state index in [0.29, 0.717) is 23.7 Å². The van der Waals surface area contributed by atoms with Gasteiger partial charge in [-0.25, -0.2) is 0 Å². The number of hydrogen-bond acceptors (Lipinski definition) is 1. The quantitative estimate of drug-likeness (QED) is 0.570. The average molecular weight is 399 g/mol. The Morgan fingerprint density at radius 1 is 1.10 bits per heavy atom. The second kappa shape index (κ2) is 7.24. The van der Waals surface area contributed by atoms with Gasteiger partial charge in [0.1, 0.15) is 0 Å². The fourth-order valence-electron chi connectivity index (χ4n) is 7.24.